The van der Waals surface area contributed by atoms with Gasteiger partial charge in [-0.25, -0.2) is 19.3 Å². The molecule has 0 saturated heterocycles. The van der Waals surface area contributed by atoms with Crippen LogP contribution < -0.4 is 5.32 Å². The van der Waals surface area contributed by atoms with Gasteiger partial charge in [0.05, 0.1) is 22.5 Å². The van der Waals surface area contributed by atoms with Crippen LogP contribution in [0.4, 0.5) is 17.6 Å². The normalized spacial score (nSPS) is 23.6. The van der Waals surface area contributed by atoms with Crippen LogP contribution in [0.25, 0.3) is 22.4 Å². The van der Waals surface area contributed by atoms with Gasteiger partial charge in [-0.2, -0.15) is 13.2 Å². The molecule has 12 heteroatoms. The van der Waals surface area contributed by atoms with E-state index in [1.54, 1.807) is 12.3 Å². The first kappa shape index (κ1) is 22.4. The van der Waals surface area contributed by atoms with Gasteiger partial charge in [-0.1, -0.05) is 11.6 Å². The number of H-pyrrole nitrogens is 1. The fourth-order valence-corrected chi connectivity index (χ4v) is 4.29. The summed E-state index contributed by atoms with van der Waals surface area (Å²) in [4.78, 5) is 27.9. The lowest BCUT2D eigenvalue weighted by molar-refractivity contribution is -0.141. The summed E-state index contributed by atoms with van der Waals surface area (Å²) < 4.78 is 52.4. The number of pyridine rings is 1. The maximum Gasteiger partial charge on any atom is 0.405 e. The molecular formula is C20H18ClF4N5O2. The summed E-state index contributed by atoms with van der Waals surface area (Å²) in [6.07, 6.45) is -0.815. The van der Waals surface area contributed by atoms with Crippen molar-refractivity contribution in [2.75, 3.05) is 6.54 Å². The molecule has 1 fully saturated rings. The number of hydrogen-bond donors (Lipinski definition) is 3. The van der Waals surface area contributed by atoms with E-state index in [9.17, 15) is 27.5 Å². The number of hydrogen-bond acceptors (Lipinski definition) is 5. The van der Waals surface area contributed by atoms with E-state index in [1.807, 2.05) is 5.32 Å². The summed E-state index contributed by atoms with van der Waals surface area (Å²) in [5.74, 6) is -3.65. The maximum atomic E-state index is 14.7. The lowest BCUT2D eigenvalue weighted by Crippen LogP contribution is -2.39. The molecule has 0 aliphatic heterocycles. The van der Waals surface area contributed by atoms with E-state index in [0.717, 1.165) is 6.20 Å². The van der Waals surface area contributed by atoms with Crippen molar-refractivity contribution < 1.29 is 27.5 Å². The van der Waals surface area contributed by atoms with Crippen molar-refractivity contribution in [3.63, 3.8) is 0 Å². The van der Waals surface area contributed by atoms with Crippen LogP contribution in [0.15, 0.2) is 24.7 Å². The van der Waals surface area contributed by atoms with E-state index < -0.39 is 41.9 Å². The van der Waals surface area contributed by atoms with Gasteiger partial charge in [-0.3, -0.25) is 4.79 Å². The first-order chi connectivity index (χ1) is 14.9. The van der Waals surface area contributed by atoms with Crippen molar-refractivity contribution in [3.05, 3.63) is 41.2 Å². The van der Waals surface area contributed by atoms with Gasteiger partial charge in [0.2, 0.25) is 5.91 Å². The average molecular weight is 472 g/mol. The molecule has 1 aliphatic rings. The number of halogens is 5. The van der Waals surface area contributed by atoms with Gasteiger partial charge < -0.3 is 15.4 Å². The number of alkyl halides is 3. The van der Waals surface area contributed by atoms with Crippen molar-refractivity contribution >= 4 is 28.5 Å². The number of fused-ring (bicyclic) bond motifs is 1. The van der Waals surface area contributed by atoms with E-state index in [2.05, 4.69) is 19.9 Å². The van der Waals surface area contributed by atoms with Crippen molar-refractivity contribution in [1.82, 2.24) is 25.3 Å². The quantitative estimate of drug-likeness (QED) is 0.503. The Morgan fingerprint density at radius 1 is 1.34 bits per heavy atom. The Morgan fingerprint density at radius 2 is 2.09 bits per heavy atom. The molecule has 7 nitrogen and oxygen atoms in total. The number of amides is 1. The highest BCUT2D eigenvalue weighted by molar-refractivity contribution is 6.31. The highest BCUT2D eigenvalue weighted by atomic mass is 35.5. The third kappa shape index (κ3) is 4.53. The molecule has 1 saturated carbocycles. The number of aliphatic hydroxyl groups is 1. The Bertz CT molecular complexity index is 1180. The predicted molar refractivity (Wildman–Crippen MR) is 107 cm³/mol. The minimum absolute atomic E-state index is 0.0499. The number of nitrogens with zero attached hydrogens (tertiary/aromatic N) is 3. The van der Waals surface area contributed by atoms with Crippen LogP contribution >= 0.6 is 11.6 Å². The van der Waals surface area contributed by atoms with Crippen LogP contribution in [0.2, 0.25) is 5.02 Å². The van der Waals surface area contributed by atoms with E-state index in [1.165, 1.54) is 13.1 Å². The Morgan fingerprint density at radius 3 is 2.81 bits per heavy atom. The summed E-state index contributed by atoms with van der Waals surface area (Å²) in [6, 6.07) is 1.63. The van der Waals surface area contributed by atoms with Crippen LogP contribution in [-0.2, 0) is 4.79 Å². The van der Waals surface area contributed by atoms with Crippen molar-refractivity contribution in [2.24, 2.45) is 5.92 Å². The summed E-state index contributed by atoms with van der Waals surface area (Å²) in [6.45, 7) is -0.0673. The molecule has 0 radical (unpaired) electrons. The van der Waals surface area contributed by atoms with E-state index in [4.69, 9.17) is 11.6 Å². The molecule has 0 spiro atoms. The zero-order valence-electron chi connectivity index (χ0n) is 16.7. The molecule has 1 aliphatic carbocycles. The van der Waals surface area contributed by atoms with Gasteiger partial charge in [0, 0.05) is 35.2 Å². The van der Waals surface area contributed by atoms with E-state index in [-0.39, 0.29) is 24.4 Å². The van der Waals surface area contributed by atoms with Crippen LogP contribution in [0, 0.1) is 11.7 Å². The monoisotopic (exact) mass is 471 g/mol. The molecule has 3 aromatic heterocycles. The van der Waals surface area contributed by atoms with Crippen molar-refractivity contribution in [3.8, 4) is 11.4 Å². The summed E-state index contributed by atoms with van der Waals surface area (Å²) >= 11 is 6.01. The topological polar surface area (TPSA) is 104 Å². The number of nitrogens with one attached hydrogen (secondary N) is 2. The minimum Gasteiger partial charge on any atom is -0.390 e. The molecule has 3 atom stereocenters. The molecule has 3 heterocycles. The second-order valence-electron chi connectivity index (χ2n) is 8.13. The summed E-state index contributed by atoms with van der Waals surface area (Å²) in [5.41, 5.74) is -0.531. The Labute approximate surface area is 184 Å². The lowest BCUT2D eigenvalue weighted by atomic mass is 9.91. The Balaban J connectivity index is 1.71. The third-order valence-electron chi connectivity index (χ3n) is 5.47. The fraction of sp³-hybridized carbons (Fsp3) is 0.400. The smallest absolute Gasteiger partial charge is 0.390 e. The van der Waals surface area contributed by atoms with Crippen LogP contribution in [0.3, 0.4) is 0 Å². The van der Waals surface area contributed by atoms with Gasteiger partial charge in [-0.15, -0.1) is 0 Å². The largest absolute Gasteiger partial charge is 0.405 e. The van der Waals surface area contributed by atoms with Crippen LogP contribution in [0.5, 0.6) is 0 Å². The molecule has 3 N–H and O–H groups in total. The Kier molecular flexibility index (Phi) is 5.58. The number of carbonyl (C=O) groups is 1. The molecule has 4 rings (SSSR count). The van der Waals surface area contributed by atoms with Gasteiger partial charge in [-0.05, 0) is 25.8 Å². The molecule has 0 aromatic carbocycles. The summed E-state index contributed by atoms with van der Waals surface area (Å²) in [7, 11) is 0. The second kappa shape index (κ2) is 7.96. The van der Waals surface area contributed by atoms with Gasteiger partial charge in [0.1, 0.15) is 12.2 Å². The average Bonchev–Trinajstić information content (AvgIpc) is 3.26. The molecular weight excluding hydrogens is 454 g/mol. The van der Waals surface area contributed by atoms with Gasteiger partial charge in [0.25, 0.3) is 0 Å². The minimum atomic E-state index is -4.59. The predicted octanol–water partition coefficient (Wildman–Crippen LogP) is 3.74. The van der Waals surface area contributed by atoms with Crippen LogP contribution in [0.1, 0.15) is 31.4 Å². The highest BCUT2D eigenvalue weighted by Gasteiger charge is 2.47. The number of rotatable bonds is 4. The van der Waals surface area contributed by atoms with E-state index >= 15 is 0 Å². The lowest BCUT2D eigenvalue weighted by Gasteiger charge is -2.19. The molecule has 1 amide bonds. The van der Waals surface area contributed by atoms with Gasteiger partial charge in [0.15, 0.2) is 11.6 Å². The number of aromatic nitrogens is 4. The highest BCUT2D eigenvalue weighted by Crippen LogP contribution is 2.46. The zero-order chi connectivity index (χ0) is 23.3. The molecule has 32 heavy (non-hydrogen) atoms. The standard InChI is InChI=1S/C20H18ClF4N5O2/c1-19(32)3-11(12(4-19)18(31)29-8-20(23,24)25)15-14(22)7-28-17(30-15)13-6-27-16-10(13)2-9(21)5-26-16/h2,5-7,11-12,32H,3-4,8H2,1H3,(H,26,27)(H,29,31)/t11?,12-,19-/m0/s1. The molecule has 3 aromatic rings. The Hall–Kier alpha value is -2.79. The number of carbonyl (C=O) groups excluding carboxylic acids is 1. The van der Waals surface area contributed by atoms with Gasteiger partial charge >= 0.3 is 6.18 Å². The number of aromatic amines is 1. The SMILES string of the molecule is C[C@]1(O)CC(c2nc(-c3c[nH]c4ncc(Cl)cc34)ncc2F)[C@@H](C(=O)NCC(F)(F)F)C1. The first-order valence-corrected chi connectivity index (χ1v) is 10.0. The van der Waals surface area contributed by atoms with E-state index in [0.29, 0.717) is 21.6 Å². The second-order valence-corrected chi connectivity index (χ2v) is 8.57. The first-order valence-electron chi connectivity index (χ1n) is 9.66. The molecule has 0 bridgehead atoms. The fourth-order valence-electron chi connectivity index (χ4n) is 4.13. The molecule has 170 valence electrons. The maximum absolute atomic E-state index is 14.7. The zero-order valence-corrected chi connectivity index (χ0v) is 17.4. The van der Waals surface area contributed by atoms with Crippen LogP contribution in [-0.4, -0.2) is 49.3 Å². The third-order valence-corrected chi connectivity index (χ3v) is 5.67. The molecule has 1 unspecified atom stereocenters. The van der Waals surface area contributed by atoms with Crippen molar-refractivity contribution in [2.45, 2.75) is 37.5 Å². The van der Waals surface area contributed by atoms with Crippen molar-refractivity contribution in [1.29, 1.82) is 0 Å². The summed E-state index contributed by atoms with van der Waals surface area (Å²) in [5, 5.41) is 13.3.